The van der Waals surface area contributed by atoms with Crippen LogP contribution in [0.2, 0.25) is 0 Å². The van der Waals surface area contributed by atoms with Gasteiger partial charge in [0.15, 0.2) is 11.6 Å². The van der Waals surface area contributed by atoms with E-state index in [1.165, 1.54) is 10.8 Å². The van der Waals surface area contributed by atoms with Crippen LogP contribution in [-0.4, -0.2) is 52.9 Å². The zero-order valence-corrected chi connectivity index (χ0v) is 14.3. The lowest BCUT2D eigenvalue weighted by molar-refractivity contribution is 0.109. The number of aromatic nitrogens is 1. The summed E-state index contributed by atoms with van der Waals surface area (Å²) < 4.78 is 36.5. The molecule has 4 fully saturated rings. The highest BCUT2D eigenvalue weighted by Gasteiger charge is 2.40. The summed E-state index contributed by atoms with van der Waals surface area (Å²) in [6, 6.07) is 1.02. The van der Waals surface area contributed by atoms with Crippen molar-refractivity contribution in [3.05, 3.63) is 34.1 Å². The van der Waals surface area contributed by atoms with Gasteiger partial charge < -0.3 is 19.3 Å². The minimum atomic E-state index is -1.64. The van der Waals surface area contributed by atoms with Crippen LogP contribution < -0.4 is 15.1 Å². The largest absolute Gasteiger partial charge is 0.511 e. The molecule has 0 atom stereocenters. The van der Waals surface area contributed by atoms with Crippen molar-refractivity contribution in [3.8, 4) is 5.75 Å². The Morgan fingerprint density at radius 3 is 2.52 bits per heavy atom. The Morgan fingerprint density at radius 2 is 1.93 bits per heavy atom. The van der Waals surface area contributed by atoms with E-state index in [9.17, 15) is 14.0 Å². The summed E-state index contributed by atoms with van der Waals surface area (Å²) in [6.45, 7) is 2.82. The van der Waals surface area contributed by atoms with Gasteiger partial charge in [-0.1, -0.05) is 0 Å². The molecule has 2 bridgehead atoms. The molecule has 1 N–H and O–H groups in total. The van der Waals surface area contributed by atoms with Gasteiger partial charge in [-0.15, -0.1) is 0 Å². The third kappa shape index (κ3) is 2.48. The number of halogens is 2. The fraction of sp³-hybridized carbons (Fsp3) is 0.444. The molecule has 3 saturated heterocycles. The molecule has 2 aromatic rings. The fourth-order valence-corrected chi connectivity index (χ4v) is 4.13. The number of benzene rings is 1. The van der Waals surface area contributed by atoms with Crippen molar-refractivity contribution in [2.24, 2.45) is 0 Å². The highest BCUT2D eigenvalue weighted by molar-refractivity contribution is 5.86. The normalized spacial score (nSPS) is 24.0. The smallest absolute Gasteiger partial charge is 0.449 e. The number of anilines is 1. The molecular weight excluding hydrogens is 360 g/mol. The van der Waals surface area contributed by atoms with E-state index >= 15 is 4.39 Å². The topological polar surface area (TPSA) is 75.0 Å². The van der Waals surface area contributed by atoms with Crippen molar-refractivity contribution < 1.29 is 23.4 Å². The Bertz CT molecular complexity index is 1020. The van der Waals surface area contributed by atoms with E-state index in [1.54, 1.807) is 4.90 Å². The van der Waals surface area contributed by atoms with Crippen LogP contribution >= 0.6 is 0 Å². The predicted molar refractivity (Wildman–Crippen MR) is 92.6 cm³/mol. The van der Waals surface area contributed by atoms with E-state index in [-0.39, 0.29) is 28.7 Å². The van der Waals surface area contributed by atoms with Crippen molar-refractivity contribution in [2.75, 3.05) is 31.1 Å². The SMILES string of the molecule is O=C(O)Oc1cn(C2CC2)c2c(F)c(N3CCN4CC3C4)c(F)cc2c1=O. The Balaban J connectivity index is 1.74. The summed E-state index contributed by atoms with van der Waals surface area (Å²) in [4.78, 5) is 27.4. The van der Waals surface area contributed by atoms with E-state index in [2.05, 4.69) is 9.64 Å². The van der Waals surface area contributed by atoms with Crippen LogP contribution in [0.15, 0.2) is 17.1 Å². The number of fused-ring (bicyclic) bond motifs is 3. The molecule has 0 amide bonds. The molecule has 142 valence electrons. The summed E-state index contributed by atoms with van der Waals surface area (Å²) in [6.07, 6.45) is 1.13. The summed E-state index contributed by atoms with van der Waals surface area (Å²) in [5.41, 5.74) is -0.923. The number of pyridine rings is 1. The molecule has 3 aliphatic heterocycles. The molecule has 4 heterocycles. The molecule has 0 spiro atoms. The van der Waals surface area contributed by atoms with E-state index in [0.29, 0.717) is 6.54 Å². The number of ether oxygens (including phenoxy) is 1. The van der Waals surface area contributed by atoms with Gasteiger partial charge in [-0.2, -0.15) is 0 Å². The molecule has 4 aliphatic rings. The first-order chi connectivity index (χ1) is 12.9. The zero-order valence-electron chi connectivity index (χ0n) is 14.3. The first kappa shape index (κ1) is 16.5. The van der Waals surface area contributed by atoms with Crippen molar-refractivity contribution in [1.82, 2.24) is 9.47 Å². The van der Waals surface area contributed by atoms with Gasteiger partial charge in [0.1, 0.15) is 11.5 Å². The first-order valence-corrected chi connectivity index (χ1v) is 8.90. The molecule has 1 saturated carbocycles. The first-order valence-electron chi connectivity index (χ1n) is 8.90. The fourth-order valence-electron chi connectivity index (χ4n) is 4.13. The van der Waals surface area contributed by atoms with Crippen molar-refractivity contribution in [1.29, 1.82) is 0 Å². The Hall–Kier alpha value is -2.68. The minimum absolute atomic E-state index is 0.0124. The molecule has 7 nitrogen and oxygen atoms in total. The molecule has 6 rings (SSSR count). The van der Waals surface area contributed by atoms with Gasteiger partial charge in [-0.25, -0.2) is 13.6 Å². The van der Waals surface area contributed by atoms with E-state index in [0.717, 1.165) is 38.5 Å². The number of rotatable bonds is 3. The van der Waals surface area contributed by atoms with Crippen LogP contribution in [-0.2, 0) is 0 Å². The summed E-state index contributed by atoms with van der Waals surface area (Å²) in [5, 5.41) is 8.63. The van der Waals surface area contributed by atoms with Gasteiger partial charge in [-0.3, -0.25) is 9.69 Å². The summed E-state index contributed by atoms with van der Waals surface area (Å²) >= 11 is 0. The third-order valence-electron chi connectivity index (χ3n) is 5.61. The van der Waals surface area contributed by atoms with Gasteiger partial charge in [-0.05, 0) is 18.9 Å². The van der Waals surface area contributed by atoms with Crippen molar-refractivity contribution in [3.63, 3.8) is 0 Å². The third-order valence-corrected chi connectivity index (χ3v) is 5.61. The molecular formula is C18H17F2N3O4. The van der Waals surface area contributed by atoms with Crippen LogP contribution in [0.3, 0.4) is 0 Å². The van der Waals surface area contributed by atoms with Gasteiger partial charge in [0.05, 0.1) is 23.1 Å². The van der Waals surface area contributed by atoms with Crippen LogP contribution in [0.4, 0.5) is 19.3 Å². The lowest BCUT2D eigenvalue weighted by Crippen LogP contribution is -2.67. The standard InChI is InChI=1S/C18H17F2N3O4/c19-12-5-11-15(14(20)16(12)22-4-3-21-6-10(22)7-21)23(9-1-2-9)8-13(17(11)24)27-18(25)26/h5,8-10H,1-4,6-7H2,(H,25,26). The van der Waals surface area contributed by atoms with E-state index < -0.39 is 29.0 Å². The summed E-state index contributed by atoms with van der Waals surface area (Å²) in [5.74, 6) is -2.02. The zero-order chi connectivity index (χ0) is 18.9. The Morgan fingerprint density at radius 1 is 1.19 bits per heavy atom. The number of hydrogen-bond acceptors (Lipinski definition) is 5. The number of nitrogens with zero attached hydrogens (tertiary/aromatic N) is 3. The van der Waals surface area contributed by atoms with Gasteiger partial charge in [0.25, 0.3) is 0 Å². The predicted octanol–water partition coefficient (Wildman–Crippen LogP) is 2.18. The lowest BCUT2D eigenvalue weighted by Gasteiger charge is -2.52. The monoisotopic (exact) mass is 377 g/mol. The lowest BCUT2D eigenvalue weighted by atomic mass is 10.0. The van der Waals surface area contributed by atoms with Gasteiger partial charge >= 0.3 is 6.16 Å². The summed E-state index contributed by atoms with van der Waals surface area (Å²) in [7, 11) is 0. The van der Waals surface area contributed by atoms with Gasteiger partial charge in [0.2, 0.25) is 5.43 Å². The highest BCUT2D eigenvalue weighted by Crippen LogP contribution is 2.41. The average molecular weight is 377 g/mol. The van der Waals surface area contributed by atoms with E-state index in [4.69, 9.17) is 5.11 Å². The maximum Gasteiger partial charge on any atom is 0.511 e. The van der Waals surface area contributed by atoms with Crippen molar-refractivity contribution >= 4 is 22.7 Å². The molecule has 9 heteroatoms. The molecule has 1 aliphatic carbocycles. The van der Waals surface area contributed by atoms with Crippen LogP contribution in [0.5, 0.6) is 5.75 Å². The Kier molecular flexibility index (Phi) is 3.45. The second kappa shape index (κ2) is 5.66. The maximum absolute atomic E-state index is 15.5. The van der Waals surface area contributed by atoms with Gasteiger partial charge in [0, 0.05) is 32.2 Å². The van der Waals surface area contributed by atoms with E-state index in [1.807, 2.05) is 0 Å². The van der Waals surface area contributed by atoms with Crippen molar-refractivity contribution in [2.45, 2.75) is 24.9 Å². The second-order valence-electron chi connectivity index (χ2n) is 7.35. The maximum atomic E-state index is 15.5. The molecule has 0 unspecified atom stereocenters. The number of hydrogen-bond donors (Lipinski definition) is 1. The number of carboxylic acid groups (broad SMARTS) is 1. The van der Waals surface area contributed by atoms with Crippen LogP contribution in [0, 0.1) is 11.6 Å². The molecule has 27 heavy (non-hydrogen) atoms. The second-order valence-corrected chi connectivity index (χ2v) is 7.35. The van der Waals surface area contributed by atoms with Crippen LogP contribution in [0.1, 0.15) is 18.9 Å². The number of carbonyl (C=O) groups is 1. The molecule has 1 aromatic carbocycles. The molecule has 1 aromatic heterocycles. The van der Waals surface area contributed by atoms with Crippen LogP contribution in [0.25, 0.3) is 10.9 Å². The highest BCUT2D eigenvalue weighted by atomic mass is 19.1. The Labute approximate surface area is 152 Å². The average Bonchev–Trinajstić information content (AvgIpc) is 3.41. The number of piperazine rings is 2. The molecule has 0 radical (unpaired) electrons. The quantitative estimate of drug-likeness (QED) is 0.827. The minimum Gasteiger partial charge on any atom is -0.449 e.